The number of amides is 1. The first-order valence-corrected chi connectivity index (χ1v) is 8.00. The van der Waals surface area contributed by atoms with E-state index in [2.05, 4.69) is 17.2 Å². The number of aryl methyl sites for hydroxylation is 1. The average Bonchev–Trinajstić information content (AvgIpc) is 3.04. The lowest BCUT2D eigenvalue weighted by Gasteiger charge is -2.15. The van der Waals surface area contributed by atoms with E-state index < -0.39 is 0 Å². The van der Waals surface area contributed by atoms with Crippen molar-refractivity contribution in [1.82, 2.24) is 4.98 Å². The number of hydrogen-bond donors (Lipinski definition) is 2. The van der Waals surface area contributed by atoms with E-state index in [-0.39, 0.29) is 17.4 Å². The monoisotopic (exact) mass is 279 g/mol. The number of carbonyl (C=O) groups is 1. The molecule has 0 bridgehead atoms. The molecular weight excluding hydrogens is 258 g/mol. The maximum absolute atomic E-state index is 12.3. The molecule has 0 radical (unpaired) electrons. The number of nitrogens with one attached hydrogen (secondary N) is 1. The van der Waals surface area contributed by atoms with Gasteiger partial charge in [-0.1, -0.05) is 13.3 Å². The fourth-order valence-corrected chi connectivity index (χ4v) is 4.00. The Morgan fingerprint density at radius 3 is 3.05 bits per heavy atom. The molecule has 0 saturated heterocycles. The molecule has 0 unspecified atom stereocenters. The lowest BCUT2D eigenvalue weighted by atomic mass is 9.99. The highest BCUT2D eigenvalue weighted by atomic mass is 32.1. The number of nitrogens with zero attached hydrogens (tertiary/aromatic N) is 1. The number of anilines is 1. The van der Waals surface area contributed by atoms with Gasteiger partial charge in [-0.3, -0.25) is 4.79 Å². The van der Waals surface area contributed by atoms with Crippen LogP contribution in [0.5, 0.6) is 0 Å². The zero-order valence-electron chi connectivity index (χ0n) is 11.4. The van der Waals surface area contributed by atoms with Gasteiger partial charge in [-0.25, -0.2) is 4.98 Å². The SMILES string of the molecule is CCCC1(C(=O)Nc2nc3c(s2)C[C@@H](N)CC3)CC1. The highest BCUT2D eigenvalue weighted by molar-refractivity contribution is 7.15. The van der Waals surface area contributed by atoms with Crippen molar-refractivity contribution in [2.45, 2.75) is 57.9 Å². The predicted molar refractivity (Wildman–Crippen MR) is 77.3 cm³/mol. The van der Waals surface area contributed by atoms with E-state index in [1.807, 2.05) is 0 Å². The Morgan fingerprint density at radius 1 is 1.58 bits per heavy atom. The lowest BCUT2D eigenvalue weighted by Crippen LogP contribution is -2.27. The molecule has 1 heterocycles. The van der Waals surface area contributed by atoms with E-state index in [0.29, 0.717) is 0 Å². The molecule has 1 aromatic rings. The van der Waals surface area contributed by atoms with Gasteiger partial charge in [0.05, 0.1) is 5.69 Å². The van der Waals surface area contributed by atoms with Gasteiger partial charge in [-0.2, -0.15) is 0 Å². The molecule has 0 aromatic carbocycles. The van der Waals surface area contributed by atoms with Crippen LogP contribution in [-0.2, 0) is 17.6 Å². The van der Waals surface area contributed by atoms with Gasteiger partial charge in [0.15, 0.2) is 5.13 Å². The average molecular weight is 279 g/mol. The second-order valence-corrected chi connectivity index (χ2v) is 6.96. The summed E-state index contributed by atoms with van der Waals surface area (Å²) >= 11 is 1.61. The molecule has 2 aliphatic rings. The molecule has 0 aliphatic heterocycles. The number of fused-ring (bicyclic) bond motifs is 1. The highest BCUT2D eigenvalue weighted by Gasteiger charge is 2.48. The maximum atomic E-state index is 12.3. The Bertz CT molecular complexity index is 493. The number of carbonyl (C=O) groups excluding carboxylic acids is 1. The molecule has 1 fully saturated rings. The van der Waals surface area contributed by atoms with Crippen LogP contribution in [0.3, 0.4) is 0 Å². The van der Waals surface area contributed by atoms with E-state index >= 15 is 0 Å². The minimum atomic E-state index is -0.0860. The van der Waals surface area contributed by atoms with Crippen LogP contribution in [-0.4, -0.2) is 16.9 Å². The molecule has 2 aliphatic carbocycles. The van der Waals surface area contributed by atoms with Gasteiger partial charge in [-0.15, -0.1) is 11.3 Å². The molecule has 104 valence electrons. The molecule has 1 atom stereocenters. The maximum Gasteiger partial charge on any atom is 0.232 e. The first-order valence-electron chi connectivity index (χ1n) is 7.18. The second-order valence-electron chi connectivity index (χ2n) is 5.88. The topological polar surface area (TPSA) is 68.0 Å². The highest BCUT2D eigenvalue weighted by Crippen LogP contribution is 2.50. The summed E-state index contributed by atoms with van der Waals surface area (Å²) in [7, 11) is 0. The fourth-order valence-electron chi connectivity index (χ4n) is 2.90. The van der Waals surface area contributed by atoms with Gasteiger partial charge < -0.3 is 11.1 Å². The Balaban J connectivity index is 1.69. The van der Waals surface area contributed by atoms with E-state index in [4.69, 9.17) is 5.73 Å². The fraction of sp³-hybridized carbons (Fsp3) is 0.714. The number of aromatic nitrogens is 1. The van der Waals surface area contributed by atoms with Crippen molar-refractivity contribution in [2.75, 3.05) is 5.32 Å². The summed E-state index contributed by atoms with van der Waals surface area (Å²) in [5.74, 6) is 0.171. The molecule has 3 N–H and O–H groups in total. The Kier molecular flexibility index (Phi) is 3.35. The Morgan fingerprint density at radius 2 is 2.37 bits per heavy atom. The number of thiazole rings is 1. The Hall–Kier alpha value is -0.940. The van der Waals surface area contributed by atoms with Gasteiger partial charge in [-0.05, 0) is 38.5 Å². The first kappa shape index (κ1) is 13.1. The van der Waals surface area contributed by atoms with Crippen molar-refractivity contribution >= 4 is 22.4 Å². The van der Waals surface area contributed by atoms with E-state index in [0.717, 1.165) is 55.8 Å². The van der Waals surface area contributed by atoms with E-state index in [1.165, 1.54) is 4.88 Å². The van der Waals surface area contributed by atoms with Crippen molar-refractivity contribution in [3.05, 3.63) is 10.6 Å². The molecule has 1 saturated carbocycles. The van der Waals surface area contributed by atoms with Crippen LogP contribution in [0.4, 0.5) is 5.13 Å². The molecule has 19 heavy (non-hydrogen) atoms. The molecule has 0 spiro atoms. The molecule has 4 nitrogen and oxygen atoms in total. The first-order chi connectivity index (χ1) is 9.13. The molecule has 1 aromatic heterocycles. The minimum absolute atomic E-state index is 0.0860. The molecular formula is C14H21N3OS. The van der Waals surface area contributed by atoms with Crippen molar-refractivity contribution in [3.63, 3.8) is 0 Å². The molecule has 1 amide bonds. The quantitative estimate of drug-likeness (QED) is 0.889. The zero-order valence-corrected chi connectivity index (χ0v) is 12.2. The summed E-state index contributed by atoms with van der Waals surface area (Å²) in [6.45, 7) is 2.14. The van der Waals surface area contributed by atoms with Gasteiger partial charge in [0, 0.05) is 16.3 Å². The molecule has 5 heteroatoms. The van der Waals surface area contributed by atoms with E-state index in [9.17, 15) is 4.79 Å². The predicted octanol–water partition coefficient (Wildman–Crippen LogP) is 2.48. The standard InChI is InChI=1S/C14H21N3OS/c1-2-5-14(6-7-14)12(18)17-13-16-10-4-3-9(15)8-11(10)19-13/h9H,2-8,15H2,1H3,(H,16,17,18)/t9-/m0/s1. The van der Waals surface area contributed by atoms with Crippen LogP contribution >= 0.6 is 11.3 Å². The largest absolute Gasteiger partial charge is 0.327 e. The Labute approximate surface area is 117 Å². The van der Waals surface area contributed by atoms with Crippen LogP contribution in [0, 0.1) is 5.41 Å². The third kappa shape index (κ3) is 2.54. The number of rotatable bonds is 4. The number of hydrogen-bond acceptors (Lipinski definition) is 4. The second kappa shape index (κ2) is 4.87. The zero-order chi connectivity index (χ0) is 13.5. The van der Waals surface area contributed by atoms with Crippen LogP contribution in [0.15, 0.2) is 0 Å². The van der Waals surface area contributed by atoms with Crippen molar-refractivity contribution < 1.29 is 4.79 Å². The van der Waals surface area contributed by atoms with Gasteiger partial charge in [0.1, 0.15) is 0 Å². The summed E-state index contributed by atoms with van der Waals surface area (Å²) in [6, 6.07) is 0.256. The van der Waals surface area contributed by atoms with Crippen LogP contribution < -0.4 is 11.1 Å². The lowest BCUT2D eigenvalue weighted by molar-refractivity contribution is -0.121. The third-order valence-corrected chi connectivity index (χ3v) is 5.30. The summed E-state index contributed by atoms with van der Waals surface area (Å²) in [4.78, 5) is 18.1. The summed E-state index contributed by atoms with van der Waals surface area (Å²) < 4.78 is 0. The van der Waals surface area contributed by atoms with Crippen LogP contribution in [0.2, 0.25) is 0 Å². The van der Waals surface area contributed by atoms with Crippen molar-refractivity contribution in [2.24, 2.45) is 11.1 Å². The van der Waals surface area contributed by atoms with Crippen LogP contribution in [0.1, 0.15) is 49.6 Å². The summed E-state index contributed by atoms with van der Waals surface area (Å²) in [5.41, 5.74) is 7.03. The number of nitrogens with two attached hydrogens (primary N) is 1. The molecule has 3 rings (SSSR count). The van der Waals surface area contributed by atoms with Crippen LogP contribution in [0.25, 0.3) is 0 Å². The minimum Gasteiger partial charge on any atom is -0.327 e. The smallest absolute Gasteiger partial charge is 0.232 e. The van der Waals surface area contributed by atoms with Gasteiger partial charge in [0.25, 0.3) is 0 Å². The third-order valence-electron chi connectivity index (χ3n) is 4.26. The van der Waals surface area contributed by atoms with Crippen molar-refractivity contribution in [3.8, 4) is 0 Å². The summed E-state index contributed by atoms with van der Waals surface area (Å²) in [5, 5.41) is 3.80. The normalized spacial score (nSPS) is 23.8. The summed E-state index contributed by atoms with van der Waals surface area (Å²) in [6.07, 6.45) is 6.98. The van der Waals surface area contributed by atoms with Gasteiger partial charge >= 0.3 is 0 Å². The van der Waals surface area contributed by atoms with Gasteiger partial charge in [0.2, 0.25) is 5.91 Å². The van der Waals surface area contributed by atoms with Crippen molar-refractivity contribution in [1.29, 1.82) is 0 Å². The van der Waals surface area contributed by atoms with E-state index in [1.54, 1.807) is 11.3 Å².